The topological polar surface area (TPSA) is 110 Å². The number of fused-ring (bicyclic) bond motifs is 1. The lowest BCUT2D eigenvalue weighted by molar-refractivity contribution is -0.115. The third-order valence-electron chi connectivity index (χ3n) is 4.99. The van der Waals surface area contributed by atoms with Gasteiger partial charge in [0.15, 0.2) is 0 Å². The summed E-state index contributed by atoms with van der Waals surface area (Å²) in [6, 6.07) is 7.02. The van der Waals surface area contributed by atoms with Crippen LogP contribution in [-0.4, -0.2) is 30.1 Å². The average molecular weight is 425 g/mol. The molecule has 1 amide bonds. The zero-order valence-corrected chi connectivity index (χ0v) is 17.7. The van der Waals surface area contributed by atoms with Crippen molar-refractivity contribution >= 4 is 32.4 Å². The highest BCUT2D eigenvalue weighted by molar-refractivity contribution is 7.91. The number of sulfonamides is 1. The van der Waals surface area contributed by atoms with Gasteiger partial charge < -0.3 is 10.1 Å². The van der Waals surface area contributed by atoms with Gasteiger partial charge in [0.1, 0.15) is 11.4 Å². The van der Waals surface area contributed by atoms with Crippen LogP contribution in [0.2, 0.25) is 0 Å². The highest BCUT2D eigenvalue weighted by Gasteiger charge is 2.40. The van der Waals surface area contributed by atoms with Crippen molar-refractivity contribution < 1.29 is 17.9 Å². The lowest BCUT2D eigenvalue weighted by atomic mass is 9.84. The zero-order chi connectivity index (χ0) is 20.4. The van der Waals surface area contributed by atoms with Crippen molar-refractivity contribution in [1.29, 1.82) is 0 Å². The highest BCUT2D eigenvalue weighted by Crippen LogP contribution is 2.43. The van der Waals surface area contributed by atoms with E-state index in [9.17, 15) is 13.2 Å². The van der Waals surface area contributed by atoms with E-state index in [0.29, 0.717) is 12.2 Å². The third-order valence-corrected chi connectivity index (χ3v) is 7.66. The first-order chi connectivity index (χ1) is 13.3. The van der Waals surface area contributed by atoms with Crippen molar-refractivity contribution in [2.75, 3.05) is 5.32 Å². The molecule has 1 unspecified atom stereocenters. The van der Waals surface area contributed by atoms with E-state index in [-0.39, 0.29) is 21.8 Å². The molecule has 2 N–H and O–H groups in total. The Bertz CT molecular complexity index is 954. The molecular weight excluding hydrogens is 400 g/mol. The number of nitrogens with zero attached hydrogens (tertiary/aromatic N) is 2. The van der Waals surface area contributed by atoms with Crippen molar-refractivity contribution in [2.24, 2.45) is 0 Å². The summed E-state index contributed by atoms with van der Waals surface area (Å²) in [5, 5.41) is 10.2. The Hall–Kier alpha value is -2.04. The minimum atomic E-state index is -3.90. The van der Waals surface area contributed by atoms with Gasteiger partial charge in [-0.15, -0.1) is 10.2 Å². The smallest absolute Gasteiger partial charge is 0.270 e. The molecule has 0 aliphatic carbocycles. The lowest BCUT2D eigenvalue weighted by Crippen LogP contribution is -2.44. The summed E-state index contributed by atoms with van der Waals surface area (Å²) in [6.07, 6.45) is 2.33. The fourth-order valence-electron chi connectivity index (χ4n) is 3.22. The van der Waals surface area contributed by atoms with Crippen LogP contribution in [-0.2, 0) is 14.8 Å². The van der Waals surface area contributed by atoms with Gasteiger partial charge in [-0.2, -0.15) is 0 Å². The Kier molecular flexibility index (Phi) is 6.01. The number of amides is 1. The van der Waals surface area contributed by atoms with E-state index in [1.807, 2.05) is 38.1 Å². The number of para-hydroxylation sites is 1. The van der Waals surface area contributed by atoms with Gasteiger partial charge in [-0.3, -0.25) is 4.79 Å². The molecule has 28 heavy (non-hydrogen) atoms. The number of hydrogen-bond acceptors (Lipinski definition) is 7. The average Bonchev–Trinajstić information content (AvgIpc) is 3.17. The number of anilines is 1. The van der Waals surface area contributed by atoms with E-state index in [2.05, 4.69) is 20.2 Å². The quantitative estimate of drug-likeness (QED) is 0.660. The third kappa shape index (κ3) is 4.18. The molecule has 8 nitrogen and oxygen atoms in total. The van der Waals surface area contributed by atoms with Crippen LogP contribution >= 0.6 is 11.3 Å². The van der Waals surface area contributed by atoms with Crippen molar-refractivity contribution in [3.63, 3.8) is 0 Å². The van der Waals surface area contributed by atoms with Gasteiger partial charge in [0, 0.05) is 18.4 Å². The second-order valence-electron chi connectivity index (χ2n) is 6.68. The van der Waals surface area contributed by atoms with Gasteiger partial charge in [-0.1, -0.05) is 50.3 Å². The SMILES string of the molecule is CCC(=O)Nc1nnc(S(=O)(=O)NC2CC(CC)(CC)Oc3ccccc32)s1. The van der Waals surface area contributed by atoms with Crippen LogP contribution in [0.3, 0.4) is 0 Å². The molecule has 3 rings (SSSR count). The summed E-state index contributed by atoms with van der Waals surface area (Å²) in [4.78, 5) is 11.5. The van der Waals surface area contributed by atoms with Gasteiger partial charge in [0.05, 0.1) is 6.04 Å². The van der Waals surface area contributed by atoms with E-state index < -0.39 is 21.7 Å². The second kappa shape index (κ2) is 8.14. The molecule has 0 radical (unpaired) electrons. The Morgan fingerprint density at radius 3 is 2.64 bits per heavy atom. The van der Waals surface area contributed by atoms with Crippen LogP contribution in [0.4, 0.5) is 5.13 Å². The summed E-state index contributed by atoms with van der Waals surface area (Å²) in [5.41, 5.74) is 0.371. The maximum atomic E-state index is 12.9. The largest absolute Gasteiger partial charge is 0.487 e. The molecule has 0 saturated heterocycles. The minimum Gasteiger partial charge on any atom is -0.487 e. The summed E-state index contributed by atoms with van der Waals surface area (Å²) < 4.78 is 34.6. The van der Waals surface area contributed by atoms with Crippen molar-refractivity contribution in [3.8, 4) is 5.75 Å². The summed E-state index contributed by atoms with van der Waals surface area (Å²) in [6.45, 7) is 5.78. The molecule has 1 aliphatic heterocycles. The monoisotopic (exact) mass is 424 g/mol. The standard InChI is InChI=1S/C18H24N4O4S2/c1-4-15(23)19-16-20-21-17(27-16)28(24,25)22-13-11-18(5-2,6-3)26-14-10-8-7-9-12(13)14/h7-10,13,22H,4-6,11H2,1-3H3,(H,19,20,23). The Balaban J connectivity index is 1.88. The van der Waals surface area contributed by atoms with Crippen LogP contribution in [0.15, 0.2) is 28.6 Å². The maximum absolute atomic E-state index is 12.9. The number of benzene rings is 1. The van der Waals surface area contributed by atoms with E-state index in [1.54, 1.807) is 6.92 Å². The van der Waals surface area contributed by atoms with E-state index >= 15 is 0 Å². The number of aromatic nitrogens is 2. The van der Waals surface area contributed by atoms with E-state index in [4.69, 9.17) is 4.74 Å². The first-order valence-electron chi connectivity index (χ1n) is 9.26. The summed E-state index contributed by atoms with van der Waals surface area (Å²) >= 11 is 0.829. The molecule has 1 aliphatic rings. The fourth-order valence-corrected chi connectivity index (χ4v) is 5.37. The molecule has 0 saturated carbocycles. The van der Waals surface area contributed by atoms with Crippen LogP contribution in [0, 0.1) is 0 Å². The van der Waals surface area contributed by atoms with Gasteiger partial charge in [0.25, 0.3) is 10.0 Å². The first kappa shape index (κ1) is 20.7. The summed E-state index contributed by atoms with van der Waals surface area (Å²) in [7, 11) is -3.90. The zero-order valence-electron chi connectivity index (χ0n) is 16.1. The van der Waals surface area contributed by atoms with Crippen molar-refractivity contribution in [3.05, 3.63) is 29.8 Å². The number of ether oxygens (including phenoxy) is 1. The molecular formula is C18H24N4O4S2. The van der Waals surface area contributed by atoms with Crippen LogP contribution in [0.5, 0.6) is 5.75 Å². The number of rotatable bonds is 7. The van der Waals surface area contributed by atoms with Gasteiger partial charge in [-0.25, -0.2) is 13.1 Å². The van der Waals surface area contributed by atoms with E-state index in [1.165, 1.54) is 0 Å². The van der Waals surface area contributed by atoms with Crippen LogP contribution < -0.4 is 14.8 Å². The summed E-state index contributed by atoms with van der Waals surface area (Å²) in [5.74, 6) is 0.445. The van der Waals surface area contributed by atoms with Gasteiger partial charge in [-0.05, 0) is 18.9 Å². The van der Waals surface area contributed by atoms with Crippen LogP contribution in [0.25, 0.3) is 0 Å². The Labute approximate surface area is 168 Å². The number of carbonyl (C=O) groups is 1. The molecule has 2 heterocycles. The molecule has 2 aromatic rings. The minimum absolute atomic E-state index is 0.163. The Morgan fingerprint density at radius 2 is 1.96 bits per heavy atom. The normalized spacial score (nSPS) is 18.2. The molecule has 0 bridgehead atoms. The molecule has 1 aromatic carbocycles. The predicted molar refractivity (Wildman–Crippen MR) is 107 cm³/mol. The molecule has 1 aromatic heterocycles. The predicted octanol–water partition coefficient (Wildman–Crippen LogP) is 3.25. The van der Waals surface area contributed by atoms with Crippen molar-refractivity contribution in [1.82, 2.24) is 14.9 Å². The second-order valence-corrected chi connectivity index (χ2v) is 9.55. The fraction of sp³-hybridized carbons (Fsp3) is 0.500. The Morgan fingerprint density at radius 1 is 1.25 bits per heavy atom. The molecule has 152 valence electrons. The number of carbonyl (C=O) groups excluding carboxylic acids is 1. The maximum Gasteiger partial charge on any atom is 0.270 e. The molecule has 0 spiro atoms. The van der Waals surface area contributed by atoms with Gasteiger partial charge in [0.2, 0.25) is 15.4 Å². The molecule has 1 atom stereocenters. The van der Waals surface area contributed by atoms with Crippen molar-refractivity contribution in [2.45, 2.75) is 62.4 Å². The van der Waals surface area contributed by atoms with Crippen LogP contribution in [0.1, 0.15) is 58.1 Å². The molecule has 10 heteroatoms. The lowest BCUT2D eigenvalue weighted by Gasteiger charge is -2.41. The molecule has 0 fully saturated rings. The van der Waals surface area contributed by atoms with E-state index in [0.717, 1.165) is 29.7 Å². The highest BCUT2D eigenvalue weighted by atomic mass is 32.2. The van der Waals surface area contributed by atoms with Gasteiger partial charge >= 0.3 is 0 Å². The number of hydrogen-bond donors (Lipinski definition) is 2. The number of nitrogens with one attached hydrogen (secondary N) is 2. The first-order valence-corrected chi connectivity index (χ1v) is 11.6.